The summed E-state index contributed by atoms with van der Waals surface area (Å²) in [4.78, 5) is 0. The number of hydrogen-bond donors (Lipinski definition) is 0. The van der Waals surface area contributed by atoms with Gasteiger partial charge in [-0.15, -0.1) is 10.2 Å². The van der Waals surface area contributed by atoms with Crippen LogP contribution in [0.2, 0.25) is 0 Å². The van der Waals surface area contributed by atoms with Gasteiger partial charge in [0, 0.05) is 5.75 Å². The Kier molecular flexibility index (Phi) is 6.98. The first-order valence-electron chi connectivity index (χ1n) is 8.75. The number of rotatable bonds is 10. The first-order valence-corrected chi connectivity index (χ1v) is 9.74. The molecule has 0 aliphatic carbocycles. The zero-order valence-corrected chi connectivity index (χ0v) is 16.2. The van der Waals surface area contributed by atoms with Crippen LogP contribution in [0.5, 0.6) is 17.2 Å². The molecule has 0 fully saturated rings. The smallest absolute Gasteiger partial charge is 0.276 e. The minimum absolute atomic E-state index is 0.443. The predicted molar refractivity (Wildman–Crippen MR) is 105 cm³/mol. The van der Waals surface area contributed by atoms with Gasteiger partial charge in [0.25, 0.3) is 11.1 Å². The summed E-state index contributed by atoms with van der Waals surface area (Å²) >= 11 is 1.45. The summed E-state index contributed by atoms with van der Waals surface area (Å²) in [6.07, 6.45) is 0.990. The maximum absolute atomic E-state index is 5.73. The van der Waals surface area contributed by atoms with Gasteiger partial charge >= 0.3 is 0 Å². The molecule has 2 aromatic carbocycles. The lowest BCUT2D eigenvalue weighted by Gasteiger charge is -2.07. The van der Waals surface area contributed by atoms with E-state index in [1.54, 1.807) is 7.11 Å². The Bertz CT molecular complexity index is 836. The lowest BCUT2D eigenvalue weighted by Crippen LogP contribution is -2.00. The molecule has 0 spiro atoms. The predicted octanol–water partition coefficient (Wildman–Crippen LogP) is 4.71. The Balaban J connectivity index is 1.46. The summed E-state index contributed by atoms with van der Waals surface area (Å²) in [7, 11) is 1.62. The Labute approximate surface area is 162 Å². The van der Waals surface area contributed by atoms with Crippen molar-refractivity contribution in [2.75, 3.05) is 26.1 Å². The molecular weight excluding hydrogens is 364 g/mol. The number of thioether (sulfide) groups is 1. The van der Waals surface area contributed by atoms with E-state index in [0.717, 1.165) is 30.1 Å². The Morgan fingerprint density at radius 1 is 0.926 bits per heavy atom. The van der Waals surface area contributed by atoms with E-state index in [1.165, 1.54) is 11.8 Å². The molecule has 0 bridgehead atoms. The monoisotopic (exact) mass is 386 g/mol. The molecule has 0 radical (unpaired) electrons. The average Bonchev–Trinajstić information content (AvgIpc) is 3.19. The molecule has 0 amide bonds. The third-order valence-corrected chi connectivity index (χ3v) is 4.40. The van der Waals surface area contributed by atoms with Crippen molar-refractivity contribution in [1.29, 1.82) is 0 Å². The summed E-state index contributed by atoms with van der Waals surface area (Å²) in [6, 6.07) is 15.2. The van der Waals surface area contributed by atoms with Crippen LogP contribution >= 0.6 is 11.8 Å². The average molecular weight is 386 g/mol. The lowest BCUT2D eigenvalue weighted by molar-refractivity contribution is 0.314. The fourth-order valence-electron chi connectivity index (χ4n) is 2.34. The van der Waals surface area contributed by atoms with Gasteiger partial charge in [-0.3, -0.25) is 0 Å². The van der Waals surface area contributed by atoms with Crippen molar-refractivity contribution in [2.24, 2.45) is 0 Å². The van der Waals surface area contributed by atoms with Crippen molar-refractivity contribution in [2.45, 2.75) is 18.6 Å². The number of aromatic nitrogens is 2. The summed E-state index contributed by atoms with van der Waals surface area (Å²) in [5.74, 6) is 3.50. The number of ether oxygens (including phenoxy) is 3. The standard InChI is InChI=1S/C20H22N2O4S/c1-3-12-24-15-8-10-16(11-9-15)25-13-14-27-20-22-21-19(26-20)17-6-4-5-7-18(17)23-2/h4-11H,3,12-14H2,1-2H3. The van der Waals surface area contributed by atoms with E-state index in [0.29, 0.717) is 29.2 Å². The van der Waals surface area contributed by atoms with Crippen LogP contribution in [0.4, 0.5) is 0 Å². The second kappa shape index (κ2) is 9.87. The fourth-order valence-corrected chi connectivity index (χ4v) is 2.92. The number of para-hydroxylation sites is 1. The molecule has 0 aliphatic heterocycles. The third kappa shape index (κ3) is 5.40. The Morgan fingerprint density at radius 3 is 2.33 bits per heavy atom. The van der Waals surface area contributed by atoms with Crippen molar-refractivity contribution in [1.82, 2.24) is 10.2 Å². The SMILES string of the molecule is CCCOc1ccc(OCCSc2nnc(-c3ccccc3OC)o2)cc1. The number of methoxy groups -OCH3 is 1. The normalized spacial score (nSPS) is 10.6. The van der Waals surface area contributed by atoms with Crippen molar-refractivity contribution in [3.8, 4) is 28.7 Å². The lowest BCUT2D eigenvalue weighted by atomic mass is 10.2. The summed E-state index contributed by atoms with van der Waals surface area (Å²) < 4.78 is 22.3. The van der Waals surface area contributed by atoms with Crippen LogP contribution in [0.15, 0.2) is 58.2 Å². The highest BCUT2D eigenvalue weighted by Gasteiger charge is 2.13. The first kappa shape index (κ1) is 19.1. The van der Waals surface area contributed by atoms with Gasteiger partial charge in [0.2, 0.25) is 0 Å². The molecule has 6 nitrogen and oxygen atoms in total. The zero-order chi connectivity index (χ0) is 18.9. The molecule has 142 valence electrons. The Hall–Kier alpha value is -2.67. The van der Waals surface area contributed by atoms with Crippen LogP contribution < -0.4 is 14.2 Å². The van der Waals surface area contributed by atoms with E-state index in [2.05, 4.69) is 17.1 Å². The van der Waals surface area contributed by atoms with Crippen molar-refractivity contribution in [3.63, 3.8) is 0 Å². The van der Waals surface area contributed by atoms with Crippen molar-refractivity contribution >= 4 is 11.8 Å². The van der Waals surface area contributed by atoms with Gasteiger partial charge in [-0.05, 0) is 42.8 Å². The molecular formula is C20H22N2O4S. The second-order valence-electron chi connectivity index (χ2n) is 5.59. The van der Waals surface area contributed by atoms with Crippen LogP contribution in [0.1, 0.15) is 13.3 Å². The number of benzene rings is 2. The summed E-state index contributed by atoms with van der Waals surface area (Å²) in [6.45, 7) is 3.34. The number of nitrogens with zero attached hydrogens (tertiary/aromatic N) is 2. The van der Waals surface area contributed by atoms with Gasteiger partial charge in [0.05, 0.1) is 25.9 Å². The van der Waals surface area contributed by atoms with E-state index in [-0.39, 0.29) is 0 Å². The van der Waals surface area contributed by atoms with Gasteiger partial charge in [-0.1, -0.05) is 30.8 Å². The van der Waals surface area contributed by atoms with E-state index >= 15 is 0 Å². The fraction of sp³-hybridized carbons (Fsp3) is 0.300. The second-order valence-corrected chi connectivity index (χ2v) is 6.64. The molecule has 27 heavy (non-hydrogen) atoms. The van der Waals surface area contributed by atoms with Crippen LogP contribution in [-0.4, -0.2) is 36.3 Å². The summed E-state index contributed by atoms with van der Waals surface area (Å²) in [5.41, 5.74) is 0.779. The van der Waals surface area contributed by atoms with Gasteiger partial charge in [-0.2, -0.15) is 0 Å². The number of hydrogen-bond acceptors (Lipinski definition) is 7. The van der Waals surface area contributed by atoms with Crippen LogP contribution in [-0.2, 0) is 0 Å². The van der Waals surface area contributed by atoms with Crippen LogP contribution in [0.3, 0.4) is 0 Å². The topological polar surface area (TPSA) is 66.6 Å². The van der Waals surface area contributed by atoms with Gasteiger partial charge in [-0.25, -0.2) is 0 Å². The van der Waals surface area contributed by atoms with Crippen molar-refractivity contribution < 1.29 is 18.6 Å². The molecule has 3 aromatic rings. The highest BCUT2D eigenvalue weighted by atomic mass is 32.2. The molecule has 1 aromatic heterocycles. The molecule has 7 heteroatoms. The minimum Gasteiger partial charge on any atom is -0.496 e. The molecule has 1 heterocycles. The minimum atomic E-state index is 0.443. The Morgan fingerprint density at radius 2 is 1.63 bits per heavy atom. The van der Waals surface area contributed by atoms with E-state index in [4.69, 9.17) is 18.6 Å². The maximum atomic E-state index is 5.73. The molecule has 0 saturated heterocycles. The zero-order valence-electron chi connectivity index (χ0n) is 15.4. The molecule has 0 N–H and O–H groups in total. The van der Waals surface area contributed by atoms with Crippen LogP contribution in [0.25, 0.3) is 11.5 Å². The highest BCUT2D eigenvalue weighted by molar-refractivity contribution is 7.99. The molecule has 3 rings (SSSR count). The largest absolute Gasteiger partial charge is 0.496 e. The first-order chi connectivity index (χ1) is 13.3. The van der Waals surface area contributed by atoms with Crippen LogP contribution in [0, 0.1) is 0 Å². The molecule has 0 unspecified atom stereocenters. The highest BCUT2D eigenvalue weighted by Crippen LogP contribution is 2.30. The van der Waals surface area contributed by atoms with E-state index in [9.17, 15) is 0 Å². The molecule has 0 saturated carbocycles. The maximum Gasteiger partial charge on any atom is 0.276 e. The molecule has 0 atom stereocenters. The van der Waals surface area contributed by atoms with Gasteiger partial charge in [0.15, 0.2) is 0 Å². The van der Waals surface area contributed by atoms with Gasteiger partial charge in [0.1, 0.15) is 17.2 Å². The summed E-state index contributed by atoms with van der Waals surface area (Å²) in [5, 5.41) is 8.67. The van der Waals surface area contributed by atoms with E-state index < -0.39 is 0 Å². The van der Waals surface area contributed by atoms with Gasteiger partial charge < -0.3 is 18.6 Å². The molecule has 0 aliphatic rings. The van der Waals surface area contributed by atoms with E-state index in [1.807, 2.05) is 48.5 Å². The third-order valence-electron chi connectivity index (χ3n) is 3.62. The quantitative estimate of drug-likeness (QED) is 0.369. The van der Waals surface area contributed by atoms with Crippen molar-refractivity contribution in [3.05, 3.63) is 48.5 Å².